The summed E-state index contributed by atoms with van der Waals surface area (Å²) in [6.45, 7) is 3.60. The number of fused-ring (bicyclic) bond motifs is 1. The molecule has 182 valence electrons. The van der Waals surface area contributed by atoms with Crippen LogP contribution in [0.15, 0.2) is 55.2 Å². The predicted octanol–water partition coefficient (Wildman–Crippen LogP) is 3.92. The van der Waals surface area contributed by atoms with E-state index in [1.54, 1.807) is 38.9 Å². The Balaban J connectivity index is 1.80. The van der Waals surface area contributed by atoms with Crippen LogP contribution in [0.1, 0.15) is 28.4 Å². The monoisotopic (exact) mass is 475 g/mol. The fourth-order valence-corrected chi connectivity index (χ4v) is 4.06. The van der Waals surface area contributed by atoms with Gasteiger partial charge in [0.15, 0.2) is 11.5 Å². The molecule has 0 spiro atoms. The van der Waals surface area contributed by atoms with Crippen molar-refractivity contribution in [2.24, 2.45) is 5.73 Å². The van der Waals surface area contributed by atoms with Gasteiger partial charge in [0.1, 0.15) is 6.61 Å². The zero-order chi connectivity index (χ0) is 24.8. The van der Waals surface area contributed by atoms with Gasteiger partial charge < -0.3 is 29.8 Å². The Kier molecular flexibility index (Phi) is 7.47. The number of carbonyl (C=O) groups excluding carboxylic acids is 1. The minimum absolute atomic E-state index is 0.287. The lowest BCUT2D eigenvalue weighted by atomic mass is 10.0. The van der Waals surface area contributed by atoms with Crippen molar-refractivity contribution in [2.75, 3.05) is 32.8 Å². The average molecular weight is 476 g/mol. The number of methoxy groups -OCH3 is 2. The van der Waals surface area contributed by atoms with E-state index >= 15 is 0 Å². The fourth-order valence-electron chi connectivity index (χ4n) is 4.06. The summed E-state index contributed by atoms with van der Waals surface area (Å²) in [6.07, 6.45) is 7.76. The third kappa shape index (κ3) is 5.20. The highest BCUT2D eigenvalue weighted by Gasteiger charge is 2.18. The summed E-state index contributed by atoms with van der Waals surface area (Å²) < 4.78 is 18.5. The maximum atomic E-state index is 12.3. The van der Waals surface area contributed by atoms with Gasteiger partial charge in [-0.3, -0.25) is 9.78 Å². The van der Waals surface area contributed by atoms with Crippen molar-refractivity contribution in [3.05, 3.63) is 71.9 Å². The number of nitrogens with two attached hydrogens (primary N) is 1. The number of benzene rings is 2. The van der Waals surface area contributed by atoms with Crippen LogP contribution in [0.5, 0.6) is 11.5 Å². The summed E-state index contributed by atoms with van der Waals surface area (Å²) in [4.78, 5) is 20.9. The summed E-state index contributed by atoms with van der Waals surface area (Å²) >= 11 is 0. The molecule has 0 atom stereocenters. The van der Waals surface area contributed by atoms with E-state index in [2.05, 4.69) is 28.3 Å². The number of nitrogens with zero attached hydrogens (tertiary/aromatic N) is 3. The second-order valence-electron chi connectivity index (χ2n) is 7.93. The number of rotatable bonds is 11. The summed E-state index contributed by atoms with van der Waals surface area (Å²) in [7, 11) is 3.18. The lowest BCUT2D eigenvalue weighted by Crippen LogP contribution is -2.15. The van der Waals surface area contributed by atoms with Gasteiger partial charge in [-0.25, -0.2) is 4.98 Å². The smallest absolute Gasteiger partial charge is 0.252 e. The maximum absolute atomic E-state index is 12.3. The number of pyridine rings is 1. The molecule has 35 heavy (non-hydrogen) atoms. The van der Waals surface area contributed by atoms with Crippen LogP contribution in [0.25, 0.3) is 10.9 Å². The Hall–Kier alpha value is -4.11. The molecule has 4 aromatic rings. The van der Waals surface area contributed by atoms with Gasteiger partial charge in [0.05, 0.1) is 36.8 Å². The lowest BCUT2D eigenvalue weighted by molar-refractivity contribution is 0.100. The first-order chi connectivity index (χ1) is 17.0. The van der Waals surface area contributed by atoms with Gasteiger partial charge in [-0.05, 0) is 29.7 Å². The van der Waals surface area contributed by atoms with E-state index in [0.717, 1.165) is 23.2 Å². The number of anilines is 2. The number of ether oxygens (including phenoxy) is 3. The second kappa shape index (κ2) is 10.9. The minimum atomic E-state index is -0.575. The van der Waals surface area contributed by atoms with Gasteiger partial charge in [-0.15, -0.1) is 0 Å². The molecule has 9 nitrogen and oxygen atoms in total. The van der Waals surface area contributed by atoms with Crippen molar-refractivity contribution in [2.45, 2.75) is 19.9 Å². The molecule has 0 saturated heterocycles. The van der Waals surface area contributed by atoms with Crippen molar-refractivity contribution < 1.29 is 19.0 Å². The molecule has 0 aliphatic rings. The first kappa shape index (κ1) is 24.0. The van der Waals surface area contributed by atoms with Gasteiger partial charge in [-0.1, -0.05) is 19.1 Å². The molecule has 1 amide bonds. The quantitative estimate of drug-likeness (QED) is 0.316. The van der Waals surface area contributed by atoms with Crippen LogP contribution in [-0.4, -0.2) is 47.9 Å². The zero-order valence-corrected chi connectivity index (χ0v) is 20.1. The molecule has 0 bridgehead atoms. The number of hydrogen-bond donors (Lipinski definition) is 2. The van der Waals surface area contributed by atoms with Crippen molar-refractivity contribution in [1.82, 2.24) is 14.5 Å². The van der Waals surface area contributed by atoms with Crippen molar-refractivity contribution in [1.29, 1.82) is 0 Å². The largest absolute Gasteiger partial charge is 0.493 e. The molecular formula is C26H29N5O4. The van der Waals surface area contributed by atoms with Crippen LogP contribution in [0.4, 0.5) is 11.4 Å². The Morgan fingerprint density at radius 2 is 2.03 bits per heavy atom. The van der Waals surface area contributed by atoms with Gasteiger partial charge in [0, 0.05) is 49.4 Å². The second-order valence-corrected chi connectivity index (χ2v) is 7.93. The van der Waals surface area contributed by atoms with Crippen LogP contribution < -0.4 is 20.5 Å². The molecule has 2 heterocycles. The number of amides is 1. The number of carbonyl (C=O) groups is 1. The van der Waals surface area contributed by atoms with E-state index in [1.165, 1.54) is 6.20 Å². The molecule has 0 fully saturated rings. The predicted molar refractivity (Wildman–Crippen MR) is 135 cm³/mol. The van der Waals surface area contributed by atoms with Crippen LogP contribution in [0, 0.1) is 0 Å². The highest BCUT2D eigenvalue weighted by atomic mass is 16.5. The number of hydrogen-bond acceptors (Lipinski definition) is 7. The molecule has 2 aromatic heterocycles. The van der Waals surface area contributed by atoms with Crippen molar-refractivity contribution in [3.8, 4) is 11.5 Å². The van der Waals surface area contributed by atoms with Gasteiger partial charge in [-0.2, -0.15) is 0 Å². The normalized spacial score (nSPS) is 10.9. The van der Waals surface area contributed by atoms with Gasteiger partial charge in [0.25, 0.3) is 5.91 Å². The van der Waals surface area contributed by atoms with Gasteiger partial charge >= 0.3 is 0 Å². The SMILES string of the molecule is CCc1c(Cn2ccnc2)cccc1Nc1c(C(N)=O)cnc2cc(OCCOC)c(OC)cc12. The minimum Gasteiger partial charge on any atom is -0.493 e. The fraction of sp³-hybridized carbons (Fsp3) is 0.269. The highest BCUT2D eigenvalue weighted by molar-refractivity contribution is 6.08. The van der Waals surface area contributed by atoms with Crippen LogP contribution in [0.2, 0.25) is 0 Å². The summed E-state index contributed by atoms with van der Waals surface area (Å²) in [5, 5.41) is 4.17. The van der Waals surface area contributed by atoms with Crippen LogP contribution >= 0.6 is 0 Å². The molecule has 2 aromatic carbocycles. The molecule has 3 N–H and O–H groups in total. The van der Waals surface area contributed by atoms with E-state index in [9.17, 15) is 4.79 Å². The molecule has 0 aliphatic carbocycles. The van der Waals surface area contributed by atoms with Crippen LogP contribution in [0.3, 0.4) is 0 Å². The first-order valence-corrected chi connectivity index (χ1v) is 11.3. The van der Waals surface area contributed by atoms with E-state index in [0.29, 0.717) is 47.8 Å². The molecule has 0 saturated carbocycles. The van der Waals surface area contributed by atoms with Crippen molar-refractivity contribution in [3.63, 3.8) is 0 Å². The van der Waals surface area contributed by atoms with Crippen LogP contribution in [-0.2, 0) is 17.7 Å². The van der Waals surface area contributed by atoms with E-state index in [4.69, 9.17) is 19.9 Å². The van der Waals surface area contributed by atoms with Gasteiger partial charge in [0.2, 0.25) is 0 Å². The number of primary amides is 1. The van der Waals surface area contributed by atoms with E-state index in [-0.39, 0.29) is 5.56 Å². The highest BCUT2D eigenvalue weighted by Crippen LogP contribution is 2.38. The number of aromatic nitrogens is 3. The summed E-state index contributed by atoms with van der Waals surface area (Å²) in [5.74, 6) is 0.484. The zero-order valence-electron chi connectivity index (χ0n) is 20.1. The standard InChI is InChI=1S/C26H29N5O4/c1-4-18-17(15-31-9-8-28-16-31)6-5-7-21(18)30-25-19-12-23(34-3)24(35-11-10-33-2)13-22(19)29-14-20(25)26(27)32/h5-9,12-14,16H,4,10-11,15H2,1-3H3,(H2,27,32)(H,29,30). The Morgan fingerprint density at radius 3 is 2.71 bits per heavy atom. The Morgan fingerprint density at radius 1 is 1.17 bits per heavy atom. The summed E-state index contributed by atoms with van der Waals surface area (Å²) in [5.41, 5.74) is 10.4. The Labute approximate surface area is 203 Å². The molecule has 4 rings (SSSR count). The molecule has 0 radical (unpaired) electrons. The average Bonchev–Trinajstić information content (AvgIpc) is 3.37. The first-order valence-electron chi connectivity index (χ1n) is 11.3. The molecule has 0 aliphatic heterocycles. The number of nitrogens with one attached hydrogen (secondary N) is 1. The molecule has 0 unspecified atom stereocenters. The maximum Gasteiger partial charge on any atom is 0.252 e. The van der Waals surface area contributed by atoms with E-state index in [1.807, 2.05) is 22.9 Å². The number of imidazole rings is 1. The van der Waals surface area contributed by atoms with Crippen molar-refractivity contribution >= 4 is 28.2 Å². The molecular weight excluding hydrogens is 446 g/mol. The Bertz CT molecular complexity index is 1320. The third-order valence-electron chi connectivity index (χ3n) is 5.76. The topological polar surface area (TPSA) is 114 Å². The van der Waals surface area contributed by atoms with E-state index < -0.39 is 5.91 Å². The third-order valence-corrected chi connectivity index (χ3v) is 5.76. The molecule has 9 heteroatoms. The summed E-state index contributed by atoms with van der Waals surface area (Å²) in [6, 6.07) is 9.67. The lowest BCUT2D eigenvalue weighted by Gasteiger charge is -2.19.